The first-order valence-electron chi connectivity index (χ1n) is 4.22. The van der Waals surface area contributed by atoms with Crippen LogP contribution in [0.1, 0.15) is 33.6 Å². The predicted octanol–water partition coefficient (Wildman–Crippen LogP) is 1.91. The molecule has 70 valence electrons. The maximum absolute atomic E-state index is 10.7. The Balaban J connectivity index is 3.76. The Morgan fingerprint density at radius 2 is 1.92 bits per heavy atom. The first kappa shape index (κ1) is 10.9. The molecule has 0 aliphatic rings. The third-order valence-corrected chi connectivity index (χ3v) is 1.40. The second kappa shape index (κ2) is 6.64. The molecule has 0 saturated carbocycles. The lowest BCUT2D eigenvalue weighted by Gasteiger charge is -2.01. The second-order valence-electron chi connectivity index (χ2n) is 2.22. The minimum atomic E-state index is -0.489. The highest BCUT2D eigenvalue weighted by Crippen LogP contribution is 1.89. The van der Waals surface area contributed by atoms with Crippen molar-refractivity contribution < 1.29 is 9.53 Å². The highest BCUT2D eigenvalue weighted by Gasteiger charge is 1.97. The third-order valence-electron chi connectivity index (χ3n) is 1.40. The average Bonchev–Trinajstić information content (AvgIpc) is 2.07. The SMILES string of the molecule is CCOC(=O)NN=C(CC)CC. The normalized spacial score (nSPS) is 8.92. The van der Waals surface area contributed by atoms with Crippen molar-refractivity contribution in [1.29, 1.82) is 0 Å². The topological polar surface area (TPSA) is 50.7 Å². The van der Waals surface area contributed by atoms with Crippen LogP contribution in [0.4, 0.5) is 4.79 Å². The largest absolute Gasteiger partial charge is 0.449 e. The molecule has 0 radical (unpaired) electrons. The zero-order valence-corrected chi connectivity index (χ0v) is 7.89. The van der Waals surface area contributed by atoms with E-state index < -0.39 is 6.09 Å². The van der Waals surface area contributed by atoms with Crippen LogP contribution in [0, 0.1) is 0 Å². The Labute approximate surface area is 73.0 Å². The van der Waals surface area contributed by atoms with E-state index in [0.717, 1.165) is 18.6 Å². The van der Waals surface area contributed by atoms with Crippen molar-refractivity contribution in [3.8, 4) is 0 Å². The molecule has 0 saturated heterocycles. The number of amides is 1. The van der Waals surface area contributed by atoms with Gasteiger partial charge in [-0.15, -0.1) is 0 Å². The van der Waals surface area contributed by atoms with Gasteiger partial charge in [-0.1, -0.05) is 13.8 Å². The summed E-state index contributed by atoms with van der Waals surface area (Å²) >= 11 is 0. The summed E-state index contributed by atoms with van der Waals surface area (Å²) in [7, 11) is 0. The molecule has 0 heterocycles. The molecular weight excluding hydrogens is 156 g/mol. The van der Waals surface area contributed by atoms with Crippen molar-refractivity contribution in [1.82, 2.24) is 5.43 Å². The maximum atomic E-state index is 10.7. The van der Waals surface area contributed by atoms with Crippen molar-refractivity contribution in [3.05, 3.63) is 0 Å². The van der Waals surface area contributed by atoms with Crippen LogP contribution in [0.5, 0.6) is 0 Å². The van der Waals surface area contributed by atoms with Gasteiger partial charge in [0.1, 0.15) is 0 Å². The lowest BCUT2D eigenvalue weighted by molar-refractivity contribution is 0.152. The van der Waals surface area contributed by atoms with Gasteiger partial charge in [-0.05, 0) is 19.8 Å². The van der Waals surface area contributed by atoms with Gasteiger partial charge in [-0.25, -0.2) is 10.2 Å². The molecule has 0 fully saturated rings. The second-order valence-corrected chi connectivity index (χ2v) is 2.22. The summed E-state index contributed by atoms with van der Waals surface area (Å²) in [5.41, 5.74) is 3.27. The standard InChI is InChI=1S/C8H16N2O2/c1-4-7(5-2)9-10-8(11)12-6-3/h4-6H2,1-3H3,(H,10,11). The number of hydrogen-bond donors (Lipinski definition) is 1. The molecular formula is C8H16N2O2. The fraction of sp³-hybridized carbons (Fsp3) is 0.750. The quantitative estimate of drug-likeness (QED) is 0.520. The number of nitrogens with one attached hydrogen (secondary N) is 1. The molecule has 0 aromatic rings. The lowest BCUT2D eigenvalue weighted by Crippen LogP contribution is -2.20. The molecule has 12 heavy (non-hydrogen) atoms. The number of carbonyl (C=O) groups is 1. The first-order valence-corrected chi connectivity index (χ1v) is 4.22. The van der Waals surface area contributed by atoms with E-state index in [0.29, 0.717) is 6.61 Å². The highest BCUT2D eigenvalue weighted by atomic mass is 16.5. The Bertz CT molecular complexity index is 160. The van der Waals surface area contributed by atoms with Crippen molar-refractivity contribution in [2.45, 2.75) is 33.6 Å². The summed E-state index contributed by atoms with van der Waals surface area (Å²) in [6, 6.07) is 0. The predicted molar refractivity (Wildman–Crippen MR) is 48.2 cm³/mol. The van der Waals surface area contributed by atoms with Crippen LogP contribution in [0.15, 0.2) is 5.10 Å². The number of hydrazone groups is 1. The van der Waals surface area contributed by atoms with E-state index >= 15 is 0 Å². The Kier molecular flexibility index (Phi) is 6.05. The van der Waals surface area contributed by atoms with E-state index in [1.807, 2.05) is 13.8 Å². The number of rotatable bonds is 4. The summed E-state index contributed by atoms with van der Waals surface area (Å²) in [4.78, 5) is 10.7. The number of carbonyl (C=O) groups excluding carboxylic acids is 1. The van der Waals surface area contributed by atoms with E-state index in [1.165, 1.54) is 0 Å². The first-order chi connectivity index (χ1) is 5.74. The minimum Gasteiger partial charge on any atom is -0.449 e. The van der Waals surface area contributed by atoms with Crippen molar-refractivity contribution in [2.75, 3.05) is 6.61 Å². The van der Waals surface area contributed by atoms with Gasteiger partial charge in [0.2, 0.25) is 0 Å². The third kappa shape index (κ3) is 4.71. The van der Waals surface area contributed by atoms with E-state index in [9.17, 15) is 4.79 Å². The monoisotopic (exact) mass is 172 g/mol. The van der Waals surface area contributed by atoms with Gasteiger partial charge >= 0.3 is 6.09 Å². The maximum Gasteiger partial charge on any atom is 0.427 e. The van der Waals surface area contributed by atoms with Gasteiger partial charge in [0.25, 0.3) is 0 Å². The molecule has 0 spiro atoms. The zero-order chi connectivity index (χ0) is 9.40. The molecule has 0 aromatic heterocycles. The summed E-state index contributed by atoms with van der Waals surface area (Å²) in [5, 5.41) is 3.87. The van der Waals surface area contributed by atoms with Gasteiger partial charge in [-0.3, -0.25) is 0 Å². The summed E-state index contributed by atoms with van der Waals surface area (Å²) in [6.45, 7) is 6.11. The van der Waals surface area contributed by atoms with Crippen LogP contribution in [0.2, 0.25) is 0 Å². The summed E-state index contributed by atoms with van der Waals surface area (Å²) < 4.78 is 4.62. The highest BCUT2D eigenvalue weighted by molar-refractivity contribution is 5.84. The molecule has 1 N–H and O–H groups in total. The molecule has 4 heteroatoms. The molecule has 0 aliphatic heterocycles. The van der Waals surface area contributed by atoms with Gasteiger partial charge in [0.15, 0.2) is 0 Å². The van der Waals surface area contributed by atoms with Gasteiger partial charge in [0.05, 0.1) is 6.61 Å². The molecule has 0 atom stereocenters. The lowest BCUT2D eigenvalue weighted by atomic mass is 10.2. The average molecular weight is 172 g/mol. The number of nitrogens with zero attached hydrogens (tertiary/aromatic N) is 1. The molecule has 1 amide bonds. The van der Waals surface area contributed by atoms with Gasteiger partial charge in [-0.2, -0.15) is 5.10 Å². The summed E-state index contributed by atoms with van der Waals surface area (Å²) in [5.74, 6) is 0. The minimum absolute atomic E-state index is 0.370. The van der Waals surface area contributed by atoms with Crippen LogP contribution in [0.25, 0.3) is 0 Å². The van der Waals surface area contributed by atoms with Crippen LogP contribution < -0.4 is 5.43 Å². The van der Waals surface area contributed by atoms with E-state index in [-0.39, 0.29) is 0 Å². The van der Waals surface area contributed by atoms with Crippen molar-refractivity contribution in [2.24, 2.45) is 5.10 Å². The van der Waals surface area contributed by atoms with Gasteiger partial charge in [0, 0.05) is 5.71 Å². The molecule has 4 nitrogen and oxygen atoms in total. The molecule has 0 unspecified atom stereocenters. The fourth-order valence-electron chi connectivity index (χ4n) is 0.696. The van der Waals surface area contributed by atoms with Crippen LogP contribution in [0.3, 0.4) is 0 Å². The Morgan fingerprint density at radius 3 is 2.33 bits per heavy atom. The summed E-state index contributed by atoms with van der Waals surface area (Å²) in [6.07, 6.45) is 1.21. The number of hydrogen-bond acceptors (Lipinski definition) is 3. The zero-order valence-electron chi connectivity index (χ0n) is 7.89. The molecule has 0 rings (SSSR count). The van der Waals surface area contributed by atoms with Crippen molar-refractivity contribution >= 4 is 11.8 Å². The van der Waals surface area contributed by atoms with E-state index in [1.54, 1.807) is 6.92 Å². The van der Waals surface area contributed by atoms with Crippen LogP contribution >= 0.6 is 0 Å². The molecule has 0 aromatic carbocycles. The van der Waals surface area contributed by atoms with Crippen molar-refractivity contribution in [3.63, 3.8) is 0 Å². The Morgan fingerprint density at radius 1 is 1.33 bits per heavy atom. The van der Waals surface area contributed by atoms with Gasteiger partial charge < -0.3 is 4.74 Å². The van der Waals surface area contributed by atoms with Crippen LogP contribution in [-0.2, 0) is 4.74 Å². The number of ether oxygens (including phenoxy) is 1. The smallest absolute Gasteiger partial charge is 0.427 e. The molecule has 0 bridgehead atoms. The fourth-order valence-corrected chi connectivity index (χ4v) is 0.696. The van der Waals surface area contributed by atoms with Crippen LogP contribution in [-0.4, -0.2) is 18.4 Å². The van der Waals surface area contributed by atoms with E-state index in [2.05, 4.69) is 15.3 Å². The molecule has 0 aliphatic carbocycles. The Hall–Kier alpha value is -1.06. The van der Waals surface area contributed by atoms with E-state index in [4.69, 9.17) is 0 Å².